The quantitative estimate of drug-likeness (QED) is 0.878. The average molecular weight is 324 g/mol. The fourth-order valence-corrected chi connectivity index (χ4v) is 3.34. The summed E-state index contributed by atoms with van der Waals surface area (Å²) in [6.45, 7) is 5.33. The van der Waals surface area contributed by atoms with Crippen LogP contribution in [0.1, 0.15) is 20.8 Å². The zero-order valence-electron chi connectivity index (χ0n) is 12.8. The lowest BCUT2D eigenvalue weighted by molar-refractivity contribution is 0.177. The number of hydrogen-bond donors (Lipinski definition) is 2. The second kappa shape index (κ2) is 6.20. The Morgan fingerprint density at radius 3 is 2.32 bits per heavy atom. The number of benzene rings is 1. The molecule has 2 aromatic rings. The Labute approximate surface area is 130 Å². The lowest BCUT2D eigenvalue weighted by atomic mass is 9.88. The van der Waals surface area contributed by atoms with Gasteiger partial charge >= 0.3 is 0 Å². The largest absolute Gasteiger partial charge is 0.395 e. The van der Waals surface area contributed by atoms with Crippen molar-refractivity contribution in [3.05, 3.63) is 36.5 Å². The van der Waals surface area contributed by atoms with E-state index < -0.39 is 16.1 Å². The van der Waals surface area contributed by atoms with Crippen molar-refractivity contribution in [1.82, 2.24) is 9.88 Å². The lowest BCUT2D eigenvalue weighted by Crippen LogP contribution is -2.46. The molecule has 6 nitrogen and oxygen atoms in total. The molecule has 1 aromatic heterocycles. The fraction of sp³-hybridized carbons (Fsp3) is 0.400. The topological polar surface area (TPSA) is 92.4 Å². The van der Waals surface area contributed by atoms with Gasteiger partial charge in [-0.3, -0.25) is 0 Å². The normalized spacial score (nSPS) is 14.0. The second-order valence-corrected chi connectivity index (χ2v) is 7.84. The highest BCUT2D eigenvalue weighted by molar-refractivity contribution is 7.89. The van der Waals surface area contributed by atoms with Gasteiger partial charge < -0.3 is 9.63 Å². The van der Waals surface area contributed by atoms with E-state index in [-0.39, 0.29) is 16.9 Å². The lowest BCUT2D eigenvalue weighted by Gasteiger charge is -2.29. The molecule has 0 fully saturated rings. The molecule has 0 aliphatic heterocycles. The molecule has 0 spiro atoms. The molecule has 22 heavy (non-hydrogen) atoms. The van der Waals surface area contributed by atoms with Gasteiger partial charge in [-0.1, -0.05) is 25.9 Å². The van der Waals surface area contributed by atoms with Crippen molar-refractivity contribution in [3.63, 3.8) is 0 Å². The van der Waals surface area contributed by atoms with Gasteiger partial charge in [0.15, 0.2) is 5.76 Å². The van der Waals surface area contributed by atoms with E-state index >= 15 is 0 Å². The Morgan fingerprint density at radius 2 is 1.86 bits per heavy atom. The SMILES string of the molecule is CC(C)(C)[C@@H](CO)NS(=O)(=O)c1ccc(-c2ccno2)cc1. The first-order valence-corrected chi connectivity index (χ1v) is 8.36. The Hall–Kier alpha value is -1.70. The zero-order chi connectivity index (χ0) is 16.4. The molecule has 2 rings (SSSR count). The summed E-state index contributed by atoms with van der Waals surface area (Å²) in [4.78, 5) is 0.137. The molecule has 2 N–H and O–H groups in total. The van der Waals surface area contributed by atoms with Gasteiger partial charge in [0.25, 0.3) is 0 Å². The van der Waals surface area contributed by atoms with Crippen molar-refractivity contribution in [2.75, 3.05) is 6.61 Å². The van der Waals surface area contributed by atoms with E-state index in [1.54, 1.807) is 18.2 Å². The second-order valence-electron chi connectivity index (χ2n) is 6.12. The molecule has 120 valence electrons. The minimum Gasteiger partial charge on any atom is -0.395 e. The number of aromatic nitrogens is 1. The minimum atomic E-state index is -3.70. The first-order valence-electron chi connectivity index (χ1n) is 6.88. The number of aliphatic hydroxyl groups is 1. The van der Waals surface area contributed by atoms with Crippen molar-refractivity contribution < 1.29 is 18.0 Å². The third-order valence-electron chi connectivity index (χ3n) is 3.41. The van der Waals surface area contributed by atoms with Crippen LogP contribution in [0, 0.1) is 5.41 Å². The van der Waals surface area contributed by atoms with Crippen molar-refractivity contribution in [2.45, 2.75) is 31.7 Å². The monoisotopic (exact) mass is 324 g/mol. The zero-order valence-corrected chi connectivity index (χ0v) is 13.6. The standard InChI is InChI=1S/C15H20N2O4S/c1-15(2,3)14(10-18)17-22(19,20)12-6-4-11(5-7-12)13-8-9-16-21-13/h4-9,14,17-18H,10H2,1-3H3/t14-/m1/s1. The van der Waals surface area contributed by atoms with Gasteiger partial charge in [-0.15, -0.1) is 0 Å². The number of aliphatic hydroxyl groups excluding tert-OH is 1. The first-order chi connectivity index (χ1) is 10.2. The third-order valence-corrected chi connectivity index (χ3v) is 4.90. The molecule has 0 unspecified atom stereocenters. The molecule has 0 bridgehead atoms. The number of rotatable bonds is 5. The summed E-state index contributed by atoms with van der Waals surface area (Å²) in [6, 6.07) is 7.43. The Morgan fingerprint density at radius 1 is 1.23 bits per heavy atom. The van der Waals surface area contributed by atoms with Gasteiger partial charge in [0.1, 0.15) is 0 Å². The molecule has 0 aliphatic rings. The van der Waals surface area contributed by atoms with E-state index in [9.17, 15) is 13.5 Å². The summed E-state index contributed by atoms with van der Waals surface area (Å²) in [6.07, 6.45) is 1.52. The molecule has 1 aromatic carbocycles. The van der Waals surface area contributed by atoms with Gasteiger partial charge in [-0.25, -0.2) is 13.1 Å². The van der Waals surface area contributed by atoms with Crippen LogP contribution < -0.4 is 4.72 Å². The van der Waals surface area contributed by atoms with Gasteiger partial charge in [0.05, 0.1) is 17.7 Å². The summed E-state index contributed by atoms with van der Waals surface area (Å²) in [5.41, 5.74) is 0.354. The fourth-order valence-electron chi connectivity index (χ4n) is 1.91. The van der Waals surface area contributed by atoms with Crippen LogP contribution in [-0.4, -0.2) is 31.3 Å². The highest BCUT2D eigenvalue weighted by Crippen LogP contribution is 2.23. The molecule has 0 amide bonds. The van der Waals surface area contributed by atoms with Crippen LogP contribution in [0.5, 0.6) is 0 Å². The Kier molecular flexibility index (Phi) is 4.69. The molecule has 1 heterocycles. The summed E-state index contributed by atoms with van der Waals surface area (Å²) in [5.74, 6) is 0.569. The van der Waals surface area contributed by atoms with Crippen LogP contribution in [0.4, 0.5) is 0 Å². The maximum Gasteiger partial charge on any atom is 0.240 e. The number of nitrogens with one attached hydrogen (secondary N) is 1. The van der Waals surface area contributed by atoms with Gasteiger partial charge in [-0.05, 0) is 29.7 Å². The van der Waals surface area contributed by atoms with Crippen molar-refractivity contribution >= 4 is 10.0 Å². The van der Waals surface area contributed by atoms with E-state index in [0.29, 0.717) is 5.76 Å². The van der Waals surface area contributed by atoms with Crippen molar-refractivity contribution in [1.29, 1.82) is 0 Å². The molecule has 0 saturated carbocycles. The molecule has 7 heteroatoms. The van der Waals surface area contributed by atoms with Crippen LogP contribution in [0.2, 0.25) is 0 Å². The molecule has 0 saturated heterocycles. The predicted octanol–water partition coefficient (Wildman–Crippen LogP) is 2.03. The van der Waals surface area contributed by atoms with E-state index in [1.807, 2.05) is 20.8 Å². The summed E-state index contributed by atoms with van der Waals surface area (Å²) < 4.78 is 32.3. The van der Waals surface area contributed by atoms with Crippen LogP contribution >= 0.6 is 0 Å². The summed E-state index contributed by atoms with van der Waals surface area (Å²) >= 11 is 0. The molecular formula is C15H20N2O4S. The van der Waals surface area contributed by atoms with Gasteiger partial charge in [-0.2, -0.15) is 0 Å². The van der Waals surface area contributed by atoms with Crippen LogP contribution in [0.25, 0.3) is 11.3 Å². The number of hydrogen-bond acceptors (Lipinski definition) is 5. The van der Waals surface area contributed by atoms with E-state index in [2.05, 4.69) is 9.88 Å². The third kappa shape index (κ3) is 3.73. The van der Waals surface area contributed by atoms with E-state index in [4.69, 9.17) is 4.52 Å². The Bertz CT molecular complexity index is 701. The van der Waals surface area contributed by atoms with Gasteiger partial charge in [0.2, 0.25) is 10.0 Å². The molecule has 0 aliphatic carbocycles. The maximum absolute atomic E-state index is 12.4. The average Bonchev–Trinajstić information content (AvgIpc) is 2.98. The van der Waals surface area contributed by atoms with Gasteiger partial charge in [0, 0.05) is 17.7 Å². The van der Waals surface area contributed by atoms with E-state index in [0.717, 1.165) is 5.56 Å². The molecule has 0 radical (unpaired) electrons. The maximum atomic E-state index is 12.4. The van der Waals surface area contributed by atoms with Crippen LogP contribution in [-0.2, 0) is 10.0 Å². The van der Waals surface area contributed by atoms with Crippen LogP contribution in [0.15, 0.2) is 45.9 Å². The smallest absolute Gasteiger partial charge is 0.240 e. The predicted molar refractivity (Wildman–Crippen MR) is 82.6 cm³/mol. The molecular weight excluding hydrogens is 304 g/mol. The van der Waals surface area contributed by atoms with Crippen molar-refractivity contribution in [2.24, 2.45) is 5.41 Å². The highest BCUT2D eigenvalue weighted by atomic mass is 32.2. The molecule has 1 atom stereocenters. The van der Waals surface area contributed by atoms with E-state index in [1.165, 1.54) is 18.3 Å². The summed E-state index contributed by atoms with van der Waals surface area (Å²) in [7, 11) is -3.70. The minimum absolute atomic E-state index is 0.137. The first kappa shape index (κ1) is 16.7. The van der Waals surface area contributed by atoms with Crippen molar-refractivity contribution in [3.8, 4) is 11.3 Å². The number of nitrogens with zero attached hydrogens (tertiary/aromatic N) is 1. The summed E-state index contributed by atoms with van der Waals surface area (Å²) in [5, 5.41) is 13.0. The highest BCUT2D eigenvalue weighted by Gasteiger charge is 2.29. The van der Waals surface area contributed by atoms with Crippen LogP contribution in [0.3, 0.4) is 0 Å². The number of sulfonamides is 1. The Balaban J connectivity index is 2.23.